The maximum atomic E-state index is 12.7. The lowest BCUT2D eigenvalue weighted by atomic mass is 10.1. The highest BCUT2D eigenvalue weighted by Gasteiger charge is 2.39. The smallest absolute Gasteiger partial charge is 0.423 e. The van der Waals surface area contributed by atoms with Gasteiger partial charge < -0.3 is 5.11 Å². The third kappa shape index (κ3) is 3.78. The second-order valence-electron chi connectivity index (χ2n) is 3.32. The Labute approximate surface area is 112 Å². The van der Waals surface area contributed by atoms with Crippen LogP contribution in [0.15, 0.2) is 22.7 Å². The van der Waals surface area contributed by atoms with Gasteiger partial charge in [-0.2, -0.15) is 13.2 Å². The first-order chi connectivity index (χ1) is 8.62. The van der Waals surface area contributed by atoms with Gasteiger partial charge in [0.05, 0.1) is 10.5 Å². The fourth-order valence-corrected chi connectivity index (χ4v) is 1.80. The van der Waals surface area contributed by atoms with E-state index in [1.54, 1.807) is 0 Å². The topological polar surface area (TPSA) is 80.4 Å². The number of hydrogen-bond donors (Lipinski definition) is 1. The van der Waals surface area contributed by atoms with Crippen molar-refractivity contribution in [1.82, 2.24) is 0 Å². The SMILES string of the molecule is O=C(O)/C=C/c1cc(Br)cc(C(F)(F)F)c1[N+](=O)[O-]. The molecule has 19 heavy (non-hydrogen) atoms. The lowest BCUT2D eigenvalue weighted by Gasteiger charge is -2.09. The summed E-state index contributed by atoms with van der Waals surface area (Å²) in [6.07, 6.45) is -3.66. The fourth-order valence-electron chi connectivity index (χ4n) is 1.33. The van der Waals surface area contributed by atoms with Crippen molar-refractivity contribution < 1.29 is 28.0 Å². The summed E-state index contributed by atoms with van der Waals surface area (Å²) in [5.74, 6) is -1.43. The number of hydrogen-bond acceptors (Lipinski definition) is 3. The first-order valence-electron chi connectivity index (χ1n) is 4.59. The zero-order chi connectivity index (χ0) is 14.8. The molecule has 0 spiro atoms. The number of carboxylic acids is 1. The number of nitro benzene ring substituents is 1. The van der Waals surface area contributed by atoms with E-state index in [-0.39, 0.29) is 4.47 Å². The number of benzene rings is 1. The van der Waals surface area contributed by atoms with E-state index in [0.717, 1.165) is 12.1 Å². The molecule has 0 radical (unpaired) electrons. The molecule has 1 rings (SSSR count). The monoisotopic (exact) mass is 339 g/mol. The third-order valence-corrected chi connectivity index (χ3v) is 2.46. The fraction of sp³-hybridized carbons (Fsp3) is 0.100. The molecule has 0 aromatic heterocycles. The van der Waals surface area contributed by atoms with Crippen LogP contribution < -0.4 is 0 Å². The first kappa shape index (κ1) is 15.2. The number of rotatable bonds is 3. The molecule has 0 saturated carbocycles. The van der Waals surface area contributed by atoms with Crippen LogP contribution in [-0.4, -0.2) is 16.0 Å². The van der Waals surface area contributed by atoms with E-state index in [4.69, 9.17) is 5.11 Å². The Kier molecular flexibility index (Phi) is 4.30. The molecule has 0 aliphatic rings. The highest BCUT2D eigenvalue weighted by atomic mass is 79.9. The third-order valence-electron chi connectivity index (χ3n) is 2.00. The molecule has 0 aliphatic carbocycles. The summed E-state index contributed by atoms with van der Waals surface area (Å²) in [7, 11) is 0. The van der Waals surface area contributed by atoms with Gasteiger partial charge in [-0.1, -0.05) is 15.9 Å². The predicted molar refractivity (Wildman–Crippen MR) is 62.5 cm³/mol. The maximum absolute atomic E-state index is 12.7. The van der Waals surface area contributed by atoms with E-state index in [2.05, 4.69) is 15.9 Å². The highest BCUT2D eigenvalue weighted by molar-refractivity contribution is 9.10. The summed E-state index contributed by atoms with van der Waals surface area (Å²) in [4.78, 5) is 19.9. The number of halogens is 4. The van der Waals surface area contributed by atoms with Gasteiger partial charge in [-0.15, -0.1) is 0 Å². The second-order valence-corrected chi connectivity index (χ2v) is 4.23. The van der Waals surface area contributed by atoms with E-state index < -0.39 is 33.9 Å². The molecule has 0 amide bonds. The number of nitro groups is 1. The van der Waals surface area contributed by atoms with Crippen molar-refractivity contribution >= 4 is 33.7 Å². The van der Waals surface area contributed by atoms with Gasteiger partial charge in [0, 0.05) is 10.5 Å². The molecule has 0 fully saturated rings. The minimum absolute atomic E-state index is 0.0459. The lowest BCUT2D eigenvalue weighted by Crippen LogP contribution is -2.10. The van der Waals surface area contributed by atoms with Gasteiger partial charge in [-0.25, -0.2) is 4.79 Å². The van der Waals surface area contributed by atoms with Crippen molar-refractivity contribution in [2.24, 2.45) is 0 Å². The molecule has 1 aromatic rings. The van der Waals surface area contributed by atoms with E-state index in [1.807, 2.05) is 0 Å². The van der Waals surface area contributed by atoms with Crippen LogP contribution in [0.2, 0.25) is 0 Å². The summed E-state index contributed by atoms with van der Waals surface area (Å²) < 4.78 is 38.1. The Morgan fingerprint density at radius 1 is 1.42 bits per heavy atom. The first-order valence-corrected chi connectivity index (χ1v) is 5.38. The lowest BCUT2D eigenvalue weighted by molar-refractivity contribution is -0.388. The van der Waals surface area contributed by atoms with Crippen LogP contribution in [-0.2, 0) is 11.0 Å². The van der Waals surface area contributed by atoms with Crippen molar-refractivity contribution in [1.29, 1.82) is 0 Å². The molecule has 0 unspecified atom stereocenters. The van der Waals surface area contributed by atoms with Crippen LogP contribution in [0.1, 0.15) is 11.1 Å². The van der Waals surface area contributed by atoms with Crippen molar-refractivity contribution in [2.75, 3.05) is 0 Å². The molecule has 102 valence electrons. The van der Waals surface area contributed by atoms with Gasteiger partial charge in [-0.05, 0) is 18.2 Å². The Balaban J connectivity index is 3.58. The maximum Gasteiger partial charge on any atom is 0.423 e. The standard InChI is InChI=1S/C10H5BrF3NO4/c11-6-3-5(1-2-8(16)17)9(15(18)19)7(4-6)10(12,13)14/h1-4H,(H,16,17)/b2-1+. The van der Waals surface area contributed by atoms with Crippen LogP contribution in [0.25, 0.3) is 6.08 Å². The quantitative estimate of drug-likeness (QED) is 0.519. The average molecular weight is 340 g/mol. The summed E-state index contributed by atoms with van der Waals surface area (Å²) in [6, 6.07) is 1.60. The average Bonchev–Trinajstić information content (AvgIpc) is 2.23. The predicted octanol–water partition coefficient (Wildman–Crippen LogP) is 3.47. The minimum Gasteiger partial charge on any atom is -0.478 e. The van der Waals surface area contributed by atoms with E-state index >= 15 is 0 Å². The summed E-state index contributed by atoms with van der Waals surface area (Å²) in [5, 5.41) is 19.2. The Hall–Kier alpha value is -1.90. The second kappa shape index (κ2) is 5.39. The van der Waals surface area contributed by atoms with Crippen molar-refractivity contribution in [3.05, 3.63) is 43.9 Å². The molecule has 0 saturated heterocycles. The van der Waals surface area contributed by atoms with E-state index in [9.17, 15) is 28.1 Å². The highest BCUT2D eigenvalue weighted by Crippen LogP contribution is 2.40. The minimum atomic E-state index is -4.92. The molecule has 1 N–H and O–H groups in total. The number of nitrogens with zero attached hydrogens (tertiary/aromatic N) is 1. The van der Waals surface area contributed by atoms with Crippen LogP contribution in [0.3, 0.4) is 0 Å². The molecular weight excluding hydrogens is 335 g/mol. The van der Waals surface area contributed by atoms with Crippen LogP contribution in [0.4, 0.5) is 18.9 Å². The molecule has 9 heteroatoms. The van der Waals surface area contributed by atoms with E-state index in [0.29, 0.717) is 12.1 Å². The van der Waals surface area contributed by atoms with Gasteiger partial charge in [-0.3, -0.25) is 10.1 Å². The van der Waals surface area contributed by atoms with Crippen molar-refractivity contribution in [2.45, 2.75) is 6.18 Å². The summed E-state index contributed by atoms with van der Waals surface area (Å²) in [5.41, 5.74) is -3.08. The number of alkyl halides is 3. The molecule has 1 aromatic carbocycles. The van der Waals surface area contributed by atoms with Gasteiger partial charge in [0.15, 0.2) is 0 Å². The summed E-state index contributed by atoms with van der Waals surface area (Å²) in [6.45, 7) is 0. The van der Waals surface area contributed by atoms with Gasteiger partial charge >= 0.3 is 12.1 Å². The Morgan fingerprint density at radius 2 is 2.00 bits per heavy atom. The molecule has 5 nitrogen and oxygen atoms in total. The normalized spacial score (nSPS) is 11.8. The molecule has 0 atom stereocenters. The zero-order valence-electron chi connectivity index (χ0n) is 8.94. The van der Waals surface area contributed by atoms with E-state index in [1.165, 1.54) is 0 Å². The van der Waals surface area contributed by atoms with Crippen LogP contribution in [0, 0.1) is 10.1 Å². The number of aliphatic carboxylic acids is 1. The van der Waals surface area contributed by atoms with Gasteiger partial charge in [0.25, 0.3) is 5.69 Å². The Bertz CT molecular complexity index is 569. The van der Waals surface area contributed by atoms with Gasteiger partial charge in [0.1, 0.15) is 5.56 Å². The molecule has 0 bridgehead atoms. The van der Waals surface area contributed by atoms with Crippen LogP contribution in [0.5, 0.6) is 0 Å². The molecule has 0 aliphatic heterocycles. The number of carbonyl (C=O) groups is 1. The molecular formula is C10H5BrF3NO4. The number of carboxylic acid groups (broad SMARTS) is 1. The summed E-state index contributed by atoms with van der Waals surface area (Å²) >= 11 is 2.79. The van der Waals surface area contributed by atoms with Gasteiger partial charge in [0.2, 0.25) is 0 Å². The molecule has 0 heterocycles. The van der Waals surface area contributed by atoms with Crippen molar-refractivity contribution in [3.63, 3.8) is 0 Å². The Morgan fingerprint density at radius 3 is 2.42 bits per heavy atom. The van der Waals surface area contributed by atoms with Crippen LogP contribution >= 0.6 is 15.9 Å². The zero-order valence-corrected chi connectivity index (χ0v) is 10.5. The van der Waals surface area contributed by atoms with Crippen molar-refractivity contribution in [3.8, 4) is 0 Å². The largest absolute Gasteiger partial charge is 0.478 e.